The molecule has 28 heavy (non-hydrogen) atoms. The highest BCUT2D eigenvalue weighted by Gasteiger charge is 2.31. The van der Waals surface area contributed by atoms with Crippen molar-refractivity contribution in [2.75, 3.05) is 7.11 Å². The summed E-state index contributed by atoms with van der Waals surface area (Å²) in [5.41, 5.74) is 1.03. The summed E-state index contributed by atoms with van der Waals surface area (Å²) in [5, 5.41) is 4.78. The standard InChI is InChI=1S/C21H29N3O4/c1-28-17-10-6-7-15(13-17)14-24(16-8-4-2-3-5-9-16)19(25)12-11-18-20(26)23-21(27)22-18/h6-7,10,13,16,18H,2-5,8-9,11-12,14H2,1H3,(H2,22,23,26,27)/t18-/m0/s1. The molecule has 1 atom stereocenters. The molecule has 0 radical (unpaired) electrons. The molecule has 7 nitrogen and oxygen atoms in total. The van der Waals surface area contributed by atoms with Gasteiger partial charge in [-0.3, -0.25) is 14.9 Å². The smallest absolute Gasteiger partial charge is 0.322 e. The molecule has 1 aliphatic heterocycles. The predicted molar refractivity (Wildman–Crippen MR) is 105 cm³/mol. The summed E-state index contributed by atoms with van der Waals surface area (Å²) in [6.07, 6.45) is 7.27. The van der Waals surface area contributed by atoms with Gasteiger partial charge in [0.05, 0.1) is 7.11 Å². The van der Waals surface area contributed by atoms with E-state index in [1.807, 2.05) is 29.2 Å². The molecule has 2 fully saturated rings. The molecule has 1 aliphatic carbocycles. The van der Waals surface area contributed by atoms with Gasteiger partial charge in [0, 0.05) is 19.0 Å². The number of nitrogens with zero attached hydrogens (tertiary/aromatic N) is 1. The van der Waals surface area contributed by atoms with Crippen molar-refractivity contribution in [3.05, 3.63) is 29.8 Å². The van der Waals surface area contributed by atoms with Crippen LogP contribution in [0.4, 0.5) is 4.79 Å². The number of imide groups is 1. The second kappa shape index (κ2) is 9.57. The maximum absolute atomic E-state index is 13.1. The molecular formula is C21H29N3O4. The molecule has 1 heterocycles. The maximum Gasteiger partial charge on any atom is 0.322 e. The Morgan fingerprint density at radius 2 is 1.93 bits per heavy atom. The van der Waals surface area contributed by atoms with Gasteiger partial charge in [0.15, 0.2) is 0 Å². The monoisotopic (exact) mass is 387 g/mol. The lowest BCUT2D eigenvalue weighted by atomic mass is 10.0. The molecule has 0 bridgehead atoms. The number of amides is 4. The number of rotatable bonds is 7. The fraction of sp³-hybridized carbons (Fsp3) is 0.571. The van der Waals surface area contributed by atoms with Gasteiger partial charge in [-0.05, 0) is 37.0 Å². The topological polar surface area (TPSA) is 87.7 Å². The Hall–Kier alpha value is -2.57. The van der Waals surface area contributed by atoms with Crippen molar-refractivity contribution in [2.45, 2.75) is 70.0 Å². The quantitative estimate of drug-likeness (QED) is 0.556. The zero-order chi connectivity index (χ0) is 19.9. The van der Waals surface area contributed by atoms with Gasteiger partial charge in [0.2, 0.25) is 5.91 Å². The Bertz CT molecular complexity index is 713. The fourth-order valence-electron chi connectivity index (χ4n) is 4.03. The van der Waals surface area contributed by atoms with E-state index in [9.17, 15) is 14.4 Å². The molecule has 0 spiro atoms. The van der Waals surface area contributed by atoms with Crippen LogP contribution in [0.25, 0.3) is 0 Å². The van der Waals surface area contributed by atoms with Crippen molar-refractivity contribution >= 4 is 17.8 Å². The normalized spacial score (nSPS) is 20.2. The minimum atomic E-state index is -0.621. The molecule has 4 amide bonds. The number of hydrogen-bond acceptors (Lipinski definition) is 4. The maximum atomic E-state index is 13.1. The average molecular weight is 387 g/mol. The molecule has 1 saturated heterocycles. The summed E-state index contributed by atoms with van der Waals surface area (Å²) in [6, 6.07) is 6.90. The Balaban J connectivity index is 1.69. The first kappa shape index (κ1) is 20.2. The average Bonchev–Trinajstić information content (AvgIpc) is 2.88. The van der Waals surface area contributed by atoms with Crippen molar-refractivity contribution in [2.24, 2.45) is 0 Å². The van der Waals surface area contributed by atoms with Gasteiger partial charge in [0.25, 0.3) is 5.91 Å². The summed E-state index contributed by atoms with van der Waals surface area (Å²) in [5.74, 6) is 0.450. The van der Waals surface area contributed by atoms with Gasteiger partial charge >= 0.3 is 6.03 Å². The fourth-order valence-corrected chi connectivity index (χ4v) is 4.03. The molecule has 152 valence electrons. The lowest BCUT2D eigenvalue weighted by Gasteiger charge is -2.32. The number of carbonyl (C=O) groups excluding carboxylic acids is 3. The van der Waals surface area contributed by atoms with Crippen LogP contribution in [0.5, 0.6) is 5.75 Å². The second-order valence-electron chi connectivity index (χ2n) is 7.57. The van der Waals surface area contributed by atoms with E-state index < -0.39 is 12.1 Å². The molecular weight excluding hydrogens is 358 g/mol. The Labute approximate surface area is 165 Å². The highest BCUT2D eigenvalue weighted by Crippen LogP contribution is 2.25. The first-order valence-electron chi connectivity index (χ1n) is 10.1. The third-order valence-electron chi connectivity index (χ3n) is 5.58. The number of hydrogen-bond donors (Lipinski definition) is 2. The molecule has 1 aromatic rings. The summed E-state index contributed by atoms with van der Waals surface area (Å²) >= 11 is 0. The van der Waals surface area contributed by atoms with Gasteiger partial charge in [-0.25, -0.2) is 4.79 Å². The lowest BCUT2D eigenvalue weighted by molar-refractivity contribution is -0.134. The largest absolute Gasteiger partial charge is 0.497 e. The van der Waals surface area contributed by atoms with E-state index in [-0.39, 0.29) is 24.3 Å². The Morgan fingerprint density at radius 3 is 2.57 bits per heavy atom. The Kier molecular flexibility index (Phi) is 6.90. The lowest BCUT2D eigenvalue weighted by Crippen LogP contribution is -2.40. The zero-order valence-corrected chi connectivity index (χ0v) is 16.4. The van der Waals surface area contributed by atoms with Gasteiger partial charge in [-0.15, -0.1) is 0 Å². The SMILES string of the molecule is COc1cccc(CN(C(=O)CC[C@@H]2NC(=O)NC2=O)C2CCCCCC2)c1. The summed E-state index contributed by atoms with van der Waals surface area (Å²) in [4.78, 5) is 38.1. The van der Waals surface area contributed by atoms with Crippen LogP contribution < -0.4 is 15.4 Å². The number of benzene rings is 1. The molecule has 7 heteroatoms. The van der Waals surface area contributed by atoms with Crippen molar-refractivity contribution in [3.8, 4) is 5.75 Å². The molecule has 3 rings (SSSR count). The van der Waals surface area contributed by atoms with E-state index in [1.54, 1.807) is 7.11 Å². The van der Waals surface area contributed by atoms with Crippen molar-refractivity contribution in [1.29, 1.82) is 0 Å². The van der Waals surface area contributed by atoms with Crippen LogP contribution in [0.3, 0.4) is 0 Å². The molecule has 0 unspecified atom stereocenters. The van der Waals surface area contributed by atoms with E-state index in [4.69, 9.17) is 4.74 Å². The first-order valence-corrected chi connectivity index (χ1v) is 10.1. The highest BCUT2D eigenvalue weighted by atomic mass is 16.5. The second-order valence-corrected chi connectivity index (χ2v) is 7.57. The summed E-state index contributed by atoms with van der Waals surface area (Å²) < 4.78 is 5.31. The van der Waals surface area contributed by atoms with E-state index in [0.29, 0.717) is 13.0 Å². The third kappa shape index (κ3) is 5.24. The van der Waals surface area contributed by atoms with Gasteiger partial charge in [-0.2, -0.15) is 0 Å². The van der Waals surface area contributed by atoms with Crippen molar-refractivity contribution in [3.63, 3.8) is 0 Å². The van der Waals surface area contributed by atoms with Crippen molar-refractivity contribution in [1.82, 2.24) is 15.5 Å². The number of methoxy groups -OCH3 is 1. The zero-order valence-electron chi connectivity index (χ0n) is 16.4. The number of urea groups is 1. The van der Waals surface area contributed by atoms with Gasteiger partial charge in [0.1, 0.15) is 11.8 Å². The molecule has 1 aromatic carbocycles. The van der Waals surface area contributed by atoms with Crippen molar-refractivity contribution < 1.29 is 19.1 Å². The summed E-state index contributed by atoms with van der Waals surface area (Å²) in [7, 11) is 1.63. The van der Waals surface area contributed by atoms with Crippen LogP contribution in [-0.4, -0.2) is 41.9 Å². The molecule has 1 saturated carbocycles. The number of nitrogens with one attached hydrogen (secondary N) is 2. The van der Waals surface area contributed by atoms with Gasteiger partial charge in [-0.1, -0.05) is 37.8 Å². The minimum absolute atomic E-state index is 0.0312. The van der Waals surface area contributed by atoms with Gasteiger partial charge < -0.3 is 15.0 Å². The molecule has 2 aliphatic rings. The van der Waals surface area contributed by atoms with E-state index in [2.05, 4.69) is 10.6 Å². The van der Waals surface area contributed by atoms with E-state index in [1.165, 1.54) is 12.8 Å². The van der Waals surface area contributed by atoms with E-state index >= 15 is 0 Å². The summed E-state index contributed by atoms with van der Waals surface area (Å²) in [6.45, 7) is 0.532. The Morgan fingerprint density at radius 1 is 1.18 bits per heavy atom. The first-order chi connectivity index (χ1) is 13.6. The molecule has 0 aromatic heterocycles. The minimum Gasteiger partial charge on any atom is -0.497 e. The highest BCUT2D eigenvalue weighted by molar-refractivity contribution is 6.04. The van der Waals surface area contributed by atoms with Crippen LogP contribution in [0.1, 0.15) is 56.9 Å². The van der Waals surface area contributed by atoms with Crippen LogP contribution in [0.2, 0.25) is 0 Å². The van der Waals surface area contributed by atoms with Crippen LogP contribution in [-0.2, 0) is 16.1 Å². The van der Waals surface area contributed by atoms with Crippen LogP contribution in [0, 0.1) is 0 Å². The third-order valence-corrected chi connectivity index (χ3v) is 5.58. The van der Waals surface area contributed by atoms with E-state index in [0.717, 1.165) is 37.0 Å². The predicted octanol–water partition coefficient (Wildman–Crippen LogP) is 2.73. The number of carbonyl (C=O) groups is 3. The van der Waals surface area contributed by atoms with Crippen LogP contribution >= 0.6 is 0 Å². The van der Waals surface area contributed by atoms with Crippen LogP contribution in [0.15, 0.2) is 24.3 Å². The molecule has 2 N–H and O–H groups in total. The number of ether oxygens (including phenoxy) is 1.